The van der Waals surface area contributed by atoms with Crippen LogP contribution in [-0.4, -0.2) is 17.5 Å². The molecule has 1 heterocycles. The van der Waals surface area contributed by atoms with Gasteiger partial charge in [0.25, 0.3) is 5.91 Å². The molecule has 6 heteroatoms. The molecule has 1 aliphatic rings. The van der Waals surface area contributed by atoms with E-state index in [1.54, 1.807) is 0 Å². The first-order valence-corrected chi connectivity index (χ1v) is 6.10. The zero-order chi connectivity index (χ0) is 13.7. The highest BCUT2D eigenvalue weighted by molar-refractivity contribution is 6.39. The van der Waals surface area contributed by atoms with Gasteiger partial charge in [-0.15, -0.1) is 0 Å². The molecule has 0 fully saturated rings. The summed E-state index contributed by atoms with van der Waals surface area (Å²) in [5.74, 6) is -0.406. The molecule has 0 bridgehead atoms. The van der Waals surface area contributed by atoms with Crippen molar-refractivity contribution in [1.29, 1.82) is 0 Å². The normalized spacial score (nSPS) is 14.6. The van der Waals surface area contributed by atoms with Crippen LogP contribution >= 0.6 is 0 Å². The number of benzene rings is 1. The number of hydrazone groups is 1. The van der Waals surface area contributed by atoms with Crippen molar-refractivity contribution in [2.75, 3.05) is 0 Å². The summed E-state index contributed by atoms with van der Waals surface area (Å²) >= 11 is 0. The predicted octanol–water partition coefficient (Wildman–Crippen LogP) is 0.0275. The van der Waals surface area contributed by atoms with E-state index in [2.05, 4.69) is 15.8 Å². The van der Waals surface area contributed by atoms with Gasteiger partial charge in [0, 0.05) is 25.9 Å². The molecule has 0 spiro atoms. The van der Waals surface area contributed by atoms with Crippen LogP contribution in [0.2, 0.25) is 0 Å². The average molecular weight is 260 g/mol. The lowest BCUT2D eigenvalue weighted by Gasteiger charge is -2.12. The van der Waals surface area contributed by atoms with Crippen LogP contribution in [-0.2, 0) is 22.7 Å². The van der Waals surface area contributed by atoms with Crippen molar-refractivity contribution in [3.05, 3.63) is 35.4 Å². The fourth-order valence-electron chi connectivity index (χ4n) is 1.72. The second kappa shape index (κ2) is 6.10. The fourth-order valence-corrected chi connectivity index (χ4v) is 1.72. The fraction of sp³-hybridized carbons (Fsp3) is 0.308. The number of rotatable bonds is 4. The molecule has 1 aromatic carbocycles. The van der Waals surface area contributed by atoms with E-state index in [0.717, 1.165) is 11.1 Å². The van der Waals surface area contributed by atoms with Crippen LogP contribution in [0.5, 0.6) is 0 Å². The highest BCUT2D eigenvalue weighted by Gasteiger charge is 2.17. The zero-order valence-electron chi connectivity index (χ0n) is 10.5. The minimum Gasteiger partial charge on any atom is -0.347 e. The van der Waals surface area contributed by atoms with Gasteiger partial charge in [0.2, 0.25) is 5.91 Å². The molecule has 4 N–H and O–H groups in total. The third-order valence-corrected chi connectivity index (χ3v) is 2.88. The molecule has 0 saturated carbocycles. The third-order valence-electron chi connectivity index (χ3n) is 2.88. The average Bonchev–Trinajstić information content (AvgIpc) is 2.46. The van der Waals surface area contributed by atoms with Crippen LogP contribution in [0.1, 0.15) is 24.0 Å². The smallest absolute Gasteiger partial charge is 0.267 e. The van der Waals surface area contributed by atoms with Crippen LogP contribution in [0, 0.1) is 0 Å². The lowest BCUT2D eigenvalue weighted by molar-refractivity contribution is -0.121. The van der Waals surface area contributed by atoms with Crippen molar-refractivity contribution in [3.63, 3.8) is 0 Å². The zero-order valence-corrected chi connectivity index (χ0v) is 10.5. The van der Waals surface area contributed by atoms with Gasteiger partial charge in [0.15, 0.2) is 0 Å². The van der Waals surface area contributed by atoms with Crippen LogP contribution in [0.4, 0.5) is 0 Å². The molecule has 19 heavy (non-hydrogen) atoms. The van der Waals surface area contributed by atoms with Gasteiger partial charge in [0.05, 0.1) is 0 Å². The van der Waals surface area contributed by atoms with Gasteiger partial charge < -0.3 is 11.1 Å². The number of carbonyl (C=O) groups excluding carboxylic acids is 2. The second-order valence-electron chi connectivity index (χ2n) is 4.30. The molecule has 1 aliphatic heterocycles. The number of nitrogens with two attached hydrogens (primary N) is 1. The molecule has 0 atom stereocenters. The second-order valence-corrected chi connectivity index (χ2v) is 4.30. The van der Waals surface area contributed by atoms with Crippen molar-refractivity contribution >= 4 is 17.5 Å². The van der Waals surface area contributed by atoms with E-state index < -0.39 is 0 Å². The Labute approximate surface area is 111 Å². The van der Waals surface area contributed by atoms with Crippen molar-refractivity contribution < 1.29 is 9.59 Å². The van der Waals surface area contributed by atoms with E-state index in [1.165, 1.54) is 0 Å². The van der Waals surface area contributed by atoms with Crippen molar-refractivity contribution in [1.82, 2.24) is 10.7 Å². The van der Waals surface area contributed by atoms with E-state index in [9.17, 15) is 9.59 Å². The number of nitrogens with zero attached hydrogens (tertiary/aromatic N) is 1. The maximum Gasteiger partial charge on any atom is 0.267 e. The Kier molecular flexibility index (Phi) is 4.25. The Bertz CT molecular complexity index is 508. The van der Waals surface area contributed by atoms with E-state index in [-0.39, 0.29) is 11.8 Å². The minimum atomic E-state index is -0.247. The molecular weight excluding hydrogens is 244 g/mol. The first-order valence-electron chi connectivity index (χ1n) is 6.10. The Morgan fingerprint density at radius 3 is 2.53 bits per heavy atom. The first kappa shape index (κ1) is 13.2. The Balaban J connectivity index is 1.87. The van der Waals surface area contributed by atoms with Gasteiger partial charge in [0.1, 0.15) is 5.71 Å². The SMILES string of the molecule is NCc1ccc(CNC(=O)C2=NNC(=O)CC2)cc1. The predicted molar refractivity (Wildman–Crippen MR) is 71.0 cm³/mol. The van der Waals surface area contributed by atoms with Crippen molar-refractivity contribution in [2.45, 2.75) is 25.9 Å². The largest absolute Gasteiger partial charge is 0.347 e. The summed E-state index contributed by atoms with van der Waals surface area (Å²) < 4.78 is 0. The Morgan fingerprint density at radius 1 is 1.26 bits per heavy atom. The molecule has 2 amide bonds. The van der Waals surface area contributed by atoms with Gasteiger partial charge in [-0.2, -0.15) is 5.10 Å². The third kappa shape index (κ3) is 3.62. The van der Waals surface area contributed by atoms with Gasteiger partial charge in [-0.1, -0.05) is 24.3 Å². The Hall–Kier alpha value is -2.21. The number of nitrogens with one attached hydrogen (secondary N) is 2. The van der Waals surface area contributed by atoms with Crippen LogP contribution in [0.25, 0.3) is 0 Å². The molecule has 0 aromatic heterocycles. The number of hydrogen-bond acceptors (Lipinski definition) is 4. The van der Waals surface area contributed by atoms with E-state index in [0.29, 0.717) is 31.6 Å². The van der Waals surface area contributed by atoms with Crippen LogP contribution in [0.15, 0.2) is 29.4 Å². The molecule has 0 unspecified atom stereocenters. The molecule has 6 nitrogen and oxygen atoms in total. The van der Waals surface area contributed by atoms with Gasteiger partial charge in [-0.3, -0.25) is 9.59 Å². The molecule has 1 aromatic rings. The highest BCUT2D eigenvalue weighted by Crippen LogP contribution is 2.04. The number of amides is 2. The van der Waals surface area contributed by atoms with Crippen molar-refractivity contribution in [2.24, 2.45) is 10.8 Å². The van der Waals surface area contributed by atoms with Crippen molar-refractivity contribution in [3.8, 4) is 0 Å². The summed E-state index contributed by atoms with van der Waals surface area (Å²) in [6, 6.07) is 7.71. The van der Waals surface area contributed by atoms with E-state index >= 15 is 0 Å². The van der Waals surface area contributed by atoms with Crippen LogP contribution < -0.4 is 16.5 Å². The molecule has 0 saturated heterocycles. The maximum atomic E-state index is 11.8. The maximum absolute atomic E-state index is 11.8. The van der Waals surface area contributed by atoms with Gasteiger partial charge in [-0.05, 0) is 11.1 Å². The summed E-state index contributed by atoms with van der Waals surface area (Å²) in [4.78, 5) is 22.7. The quantitative estimate of drug-likeness (QED) is 0.712. The van der Waals surface area contributed by atoms with E-state index in [1.807, 2.05) is 24.3 Å². The molecule has 100 valence electrons. The Morgan fingerprint density at radius 2 is 1.95 bits per heavy atom. The highest BCUT2D eigenvalue weighted by atomic mass is 16.2. The summed E-state index contributed by atoms with van der Waals surface area (Å²) in [6.07, 6.45) is 0.682. The van der Waals surface area contributed by atoms with Crippen LogP contribution in [0.3, 0.4) is 0 Å². The monoisotopic (exact) mass is 260 g/mol. The summed E-state index contributed by atoms with van der Waals surface area (Å²) in [6.45, 7) is 0.930. The number of hydrogen-bond donors (Lipinski definition) is 3. The van der Waals surface area contributed by atoms with E-state index in [4.69, 9.17) is 5.73 Å². The lowest BCUT2D eigenvalue weighted by Crippen LogP contribution is -2.36. The summed E-state index contributed by atoms with van der Waals surface area (Å²) in [5.41, 5.74) is 10.2. The molecule has 0 radical (unpaired) electrons. The molecule has 2 rings (SSSR count). The first-order chi connectivity index (χ1) is 9.19. The topological polar surface area (TPSA) is 96.6 Å². The summed E-state index contributed by atoms with van der Waals surface area (Å²) in [7, 11) is 0. The standard InChI is InChI=1S/C13H16N4O2/c14-7-9-1-3-10(4-2-9)8-15-13(19)11-5-6-12(18)17-16-11/h1-4H,5-8,14H2,(H,15,19)(H,17,18). The van der Waals surface area contributed by atoms with Gasteiger partial charge in [-0.25, -0.2) is 5.43 Å². The minimum absolute atomic E-state index is 0.158. The molecule has 0 aliphatic carbocycles. The molecular formula is C13H16N4O2. The number of carbonyl (C=O) groups is 2. The lowest BCUT2D eigenvalue weighted by atomic mass is 10.1. The van der Waals surface area contributed by atoms with Gasteiger partial charge >= 0.3 is 0 Å². The summed E-state index contributed by atoms with van der Waals surface area (Å²) in [5, 5.41) is 6.51.